The van der Waals surface area contributed by atoms with Crippen LogP contribution in [0.25, 0.3) is 10.8 Å². The fourth-order valence-corrected chi connectivity index (χ4v) is 2.07. The van der Waals surface area contributed by atoms with Crippen LogP contribution in [0, 0.1) is 17.2 Å². The molecule has 2 atom stereocenters. The summed E-state index contributed by atoms with van der Waals surface area (Å²) in [6.07, 6.45) is 0. The molecule has 98 valence electrons. The predicted molar refractivity (Wildman–Crippen MR) is 78.0 cm³/mol. The molecule has 0 aromatic heterocycles. The molecule has 2 aromatic carbocycles. The summed E-state index contributed by atoms with van der Waals surface area (Å²) in [6.45, 7) is 4.21. The summed E-state index contributed by atoms with van der Waals surface area (Å²) in [7, 11) is 0. The number of fused-ring (bicyclic) bond motifs is 1. The SMILES string of the molecule is CC(CO)C(C)Nc1ccc(C#N)c2ccccc12. The fraction of sp³-hybridized carbons (Fsp3) is 0.312. The van der Waals surface area contributed by atoms with Crippen LogP contribution in [0.15, 0.2) is 36.4 Å². The monoisotopic (exact) mass is 254 g/mol. The molecule has 0 spiro atoms. The first-order valence-electron chi connectivity index (χ1n) is 6.46. The van der Waals surface area contributed by atoms with Gasteiger partial charge in [-0.1, -0.05) is 31.2 Å². The highest BCUT2D eigenvalue weighted by molar-refractivity contribution is 5.97. The molecule has 0 aliphatic heterocycles. The number of rotatable bonds is 4. The van der Waals surface area contributed by atoms with Crippen LogP contribution >= 0.6 is 0 Å². The van der Waals surface area contributed by atoms with E-state index in [1.54, 1.807) is 0 Å². The molecule has 2 rings (SSSR count). The van der Waals surface area contributed by atoms with Gasteiger partial charge in [-0.2, -0.15) is 5.26 Å². The number of nitrogens with zero attached hydrogens (tertiary/aromatic N) is 1. The number of anilines is 1. The smallest absolute Gasteiger partial charge is 0.0998 e. The van der Waals surface area contributed by atoms with Crippen molar-refractivity contribution in [1.82, 2.24) is 0 Å². The highest BCUT2D eigenvalue weighted by Gasteiger charge is 2.12. The number of aliphatic hydroxyl groups is 1. The summed E-state index contributed by atoms with van der Waals surface area (Å²) in [5, 5.41) is 23.7. The molecular formula is C16H18N2O. The lowest BCUT2D eigenvalue weighted by atomic mass is 10.0. The maximum Gasteiger partial charge on any atom is 0.0998 e. The van der Waals surface area contributed by atoms with E-state index in [9.17, 15) is 5.11 Å². The van der Waals surface area contributed by atoms with E-state index in [1.807, 2.05) is 50.2 Å². The van der Waals surface area contributed by atoms with Crippen LogP contribution in [0.2, 0.25) is 0 Å². The standard InChI is InChI=1S/C16H18N2O/c1-11(10-19)12(2)18-16-8-7-13(9-17)14-5-3-4-6-15(14)16/h3-8,11-12,18-19H,10H2,1-2H3. The van der Waals surface area contributed by atoms with Gasteiger partial charge in [-0.3, -0.25) is 0 Å². The van der Waals surface area contributed by atoms with Crippen LogP contribution in [0.5, 0.6) is 0 Å². The molecule has 0 saturated heterocycles. The Morgan fingerprint density at radius 3 is 2.47 bits per heavy atom. The van der Waals surface area contributed by atoms with Crippen molar-refractivity contribution in [2.75, 3.05) is 11.9 Å². The Balaban J connectivity index is 2.43. The van der Waals surface area contributed by atoms with Crippen molar-refractivity contribution in [3.63, 3.8) is 0 Å². The van der Waals surface area contributed by atoms with Gasteiger partial charge >= 0.3 is 0 Å². The van der Waals surface area contributed by atoms with Crippen molar-refractivity contribution >= 4 is 16.5 Å². The number of benzene rings is 2. The van der Waals surface area contributed by atoms with Crippen LogP contribution in [0.3, 0.4) is 0 Å². The van der Waals surface area contributed by atoms with Gasteiger partial charge < -0.3 is 10.4 Å². The Bertz CT molecular complexity index is 616. The molecule has 3 heteroatoms. The van der Waals surface area contributed by atoms with E-state index in [4.69, 9.17) is 5.26 Å². The number of aliphatic hydroxyl groups excluding tert-OH is 1. The summed E-state index contributed by atoms with van der Waals surface area (Å²) in [5.41, 5.74) is 1.69. The van der Waals surface area contributed by atoms with Gasteiger partial charge in [-0.05, 0) is 25.0 Å². The average molecular weight is 254 g/mol. The first-order chi connectivity index (χ1) is 9.17. The first-order valence-corrected chi connectivity index (χ1v) is 6.46. The lowest BCUT2D eigenvalue weighted by Crippen LogP contribution is -2.26. The van der Waals surface area contributed by atoms with E-state index in [1.165, 1.54) is 0 Å². The maximum atomic E-state index is 9.20. The highest BCUT2D eigenvalue weighted by atomic mass is 16.3. The minimum Gasteiger partial charge on any atom is -0.396 e. The van der Waals surface area contributed by atoms with Crippen molar-refractivity contribution in [2.45, 2.75) is 19.9 Å². The second-order valence-electron chi connectivity index (χ2n) is 4.91. The molecule has 0 aliphatic rings. The van der Waals surface area contributed by atoms with Crippen molar-refractivity contribution in [2.24, 2.45) is 5.92 Å². The van der Waals surface area contributed by atoms with Crippen LogP contribution in [0.4, 0.5) is 5.69 Å². The molecule has 2 aromatic rings. The zero-order valence-corrected chi connectivity index (χ0v) is 11.2. The summed E-state index contributed by atoms with van der Waals surface area (Å²) in [4.78, 5) is 0. The number of nitrogens with one attached hydrogen (secondary N) is 1. The van der Waals surface area contributed by atoms with Crippen molar-refractivity contribution in [3.8, 4) is 6.07 Å². The number of hydrogen-bond donors (Lipinski definition) is 2. The van der Waals surface area contributed by atoms with Gasteiger partial charge in [0.2, 0.25) is 0 Å². The van der Waals surface area contributed by atoms with E-state index in [0.717, 1.165) is 16.5 Å². The van der Waals surface area contributed by atoms with Gasteiger partial charge in [0, 0.05) is 29.1 Å². The lowest BCUT2D eigenvalue weighted by Gasteiger charge is -2.21. The molecule has 0 saturated carbocycles. The molecule has 0 aliphatic carbocycles. The maximum absolute atomic E-state index is 9.20. The summed E-state index contributed by atoms with van der Waals surface area (Å²) >= 11 is 0. The largest absolute Gasteiger partial charge is 0.396 e. The molecule has 2 N–H and O–H groups in total. The van der Waals surface area contributed by atoms with Crippen LogP contribution < -0.4 is 5.32 Å². The third-order valence-corrected chi connectivity index (χ3v) is 3.57. The van der Waals surface area contributed by atoms with Gasteiger partial charge in [0.05, 0.1) is 11.6 Å². The molecule has 19 heavy (non-hydrogen) atoms. The summed E-state index contributed by atoms with van der Waals surface area (Å²) in [5.74, 6) is 0.175. The lowest BCUT2D eigenvalue weighted by molar-refractivity contribution is 0.226. The average Bonchev–Trinajstić information content (AvgIpc) is 2.46. The van der Waals surface area contributed by atoms with Gasteiger partial charge in [0.25, 0.3) is 0 Å². The third-order valence-electron chi connectivity index (χ3n) is 3.57. The minimum absolute atomic E-state index is 0.155. The minimum atomic E-state index is 0.155. The first kappa shape index (κ1) is 13.4. The quantitative estimate of drug-likeness (QED) is 0.881. The van der Waals surface area contributed by atoms with Crippen molar-refractivity contribution in [3.05, 3.63) is 42.0 Å². The van der Waals surface area contributed by atoms with Crippen LogP contribution in [0.1, 0.15) is 19.4 Å². The van der Waals surface area contributed by atoms with Gasteiger partial charge in [0.15, 0.2) is 0 Å². The van der Waals surface area contributed by atoms with Crippen molar-refractivity contribution in [1.29, 1.82) is 5.26 Å². The third kappa shape index (κ3) is 2.69. The predicted octanol–water partition coefficient (Wildman–Crippen LogP) is 3.14. The van der Waals surface area contributed by atoms with Crippen LogP contribution in [-0.2, 0) is 0 Å². The fourth-order valence-electron chi connectivity index (χ4n) is 2.07. The Kier molecular flexibility index (Phi) is 4.03. The molecule has 0 fully saturated rings. The van der Waals surface area contributed by atoms with E-state index in [-0.39, 0.29) is 18.6 Å². The van der Waals surface area contributed by atoms with E-state index < -0.39 is 0 Å². The normalized spacial score (nSPS) is 13.8. The molecule has 0 amide bonds. The van der Waals surface area contributed by atoms with Crippen molar-refractivity contribution < 1.29 is 5.11 Å². The Morgan fingerprint density at radius 2 is 1.84 bits per heavy atom. The molecule has 2 unspecified atom stereocenters. The summed E-state index contributed by atoms with van der Waals surface area (Å²) < 4.78 is 0. The Labute approximate surface area is 113 Å². The van der Waals surface area contributed by atoms with Gasteiger partial charge in [-0.15, -0.1) is 0 Å². The Morgan fingerprint density at radius 1 is 1.16 bits per heavy atom. The molecular weight excluding hydrogens is 236 g/mol. The zero-order chi connectivity index (χ0) is 13.8. The molecule has 3 nitrogen and oxygen atoms in total. The Hall–Kier alpha value is -2.05. The van der Waals surface area contributed by atoms with E-state index >= 15 is 0 Å². The number of nitriles is 1. The second-order valence-corrected chi connectivity index (χ2v) is 4.91. The van der Waals surface area contributed by atoms with E-state index in [2.05, 4.69) is 11.4 Å². The van der Waals surface area contributed by atoms with Crippen LogP contribution in [-0.4, -0.2) is 17.8 Å². The molecule has 0 bridgehead atoms. The van der Waals surface area contributed by atoms with Gasteiger partial charge in [-0.25, -0.2) is 0 Å². The number of hydrogen-bond acceptors (Lipinski definition) is 3. The second kappa shape index (κ2) is 5.73. The topological polar surface area (TPSA) is 56.0 Å². The molecule has 0 radical (unpaired) electrons. The zero-order valence-electron chi connectivity index (χ0n) is 11.2. The molecule has 0 heterocycles. The summed E-state index contributed by atoms with van der Waals surface area (Å²) in [6, 6.07) is 14.0. The van der Waals surface area contributed by atoms with E-state index in [0.29, 0.717) is 5.56 Å². The highest BCUT2D eigenvalue weighted by Crippen LogP contribution is 2.27. The van der Waals surface area contributed by atoms with Gasteiger partial charge in [0.1, 0.15) is 0 Å².